The summed E-state index contributed by atoms with van der Waals surface area (Å²) >= 11 is 0. The van der Waals surface area contributed by atoms with E-state index in [9.17, 15) is 9.59 Å². The van der Waals surface area contributed by atoms with E-state index in [0.717, 1.165) is 16.8 Å². The molecule has 2 aliphatic rings. The van der Waals surface area contributed by atoms with Crippen LogP contribution in [0.1, 0.15) is 17.5 Å². The minimum atomic E-state index is -0.211. The zero-order valence-electron chi connectivity index (χ0n) is 14.0. The maximum atomic E-state index is 12.6. The van der Waals surface area contributed by atoms with Gasteiger partial charge in [0.25, 0.3) is 11.8 Å². The quantitative estimate of drug-likeness (QED) is 0.878. The number of nitrogens with two attached hydrogens (primary N) is 1. The highest BCUT2D eigenvalue weighted by Crippen LogP contribution is 2.26. The molecule has 3 rings (SSSR count). The lowest BCUT2D eigenvalue weighted by atomic mass is 10.1. The smallest absolute Gasteiger partial charge is 0.270 e. The van der Waals surface area contributed by atoms with Crippen molar-refractivity contribution in [3.8, 4) is 0 Å². The lowest BCUT2D eigenvalue weighted by Gasteiger charge is -2.32. The van der Waals surface area contributed by atoms with Gasteiger partial charge >= 0.3 is 0 Å². The molecule has 2 heterocycles. The molecule has 2 N–H and O–H groups in total. The lowest BCUT2D eigenvalue weighted by molar-refractivity contribution is -0.131. The van der Waals surface area contributed by atoms with Gasteiger partial charge in [-0.15, -0.1) is 0 Å². The van der Waals surface area contributed by atoms with Crippen molar-refractivity contribution in [1.29, 1.82) is 0 Å². The molecule has 0 bridgehead atoms. The van der Waals surface area contributed by atoms with Crippen LogP contribution in [0.4, 0.5) is 5.69 Å². The fourth-order valence-electron chi connectivity index (χ4n) is 3.01. The van der Waals surface area contributed by atoms with E-state index in [1.54, 1.807) is 4.90 Å². The van der Waals surface area contributed by atoms with E-state index >= 15 is 0 Å². The van der Waals surface area contributed by atoms with Crippen molar-refractivity contribution in [2.24, 2.45) is 10.8 Å². The van der Waals surface area contributed by atoms with Crippen molar-refractivity contribution in [3.63, 3.8) is 0 Å². The van der Waals surface area contributed by atoms with Crippen molar-refractivity contribution in [1.82, 2.24) is 4.90 Å². The highest BCUT2D eigenvalue weighted by molar-refractivity contribution is 6.44. The molecule has 1 atom stereocenters. The maximum Gasteiger partial charge on any atom is 0.270 e. The summed E-state index contributed by atoms with van der Waals surface area (Å²) in [6.07, 6.45) is -0.132. The number of aryl methyl sites for hydroxylation is 2. The SMILES string of the molecule is Cc1ccc(N2N=C(C(=O)N3CCOC(CN)C3)CC2=O)c(C)c1. The van der Waals surface area contributed by atoms with Crippen molar-refractivity contribution in [2.75, 3.05) is 31.3 Å². The number of ether oxygens (including phenoxy) is 1. The van der Waals surface area contributed by atoms with Gasteiger partial charge in [0.2, 0.25) is 0 Å². The third-order valence-corrected chi connectivity index (χ3v) is 4.29. The Morgan fingerprint density at radius 1 is 1.42 bits per heavy atom. The summed E-state index contributed by atoms with van der Waals surface area (Å²) in [7, 11) is 0. The zero-order valence-corrected chi connectivity index (χ0v) is 14.0. The molecule has 7 heteroatoms. The minimum absolute atomic E-state index is 0.0246. The Morgan fingerprint density at radius 3 is 2.92 bits per heavy atom. The molecule has 2 aliphatic heterocycles. The summed E-state index contributed by atoms with van der Waals surface area (Å²) in [6.45, 7) is 5.67. The van der Waals surface area contributed by atoms with E-state index in [2.05, 4.69) is 5.10 Å². The Bertz CT molecular complexity index is 701. The molecule has 1 unspecified atom stereocenters. The largest absolute Gasteiger partial charge is 0.373 e. The van der Waals surface area contributed by atoms with Crippen molar-refractivity contribution in [3.05, 3.63) is 29.3 Å². The van der Waals surface area contributed by atoms with Crippen molar-refractivity contribution < 1.29 is 14.3 Å². The lowest BCUT2D eigenvalue weighted by Crippen LogP contribution is -2.50. The highest BCUT2D eigenvalue weighted by Gasteiger charge is 2.34. The van der Waals surface area contributed by atoms with Gasteiger partial charge in [-0.3, -0.25) is 9.59 Å². The van der Waals surface area contributed by atoms with Gasteiger partial charge in [-0.1, -0.05) is 17.7 Å². The van der Waals surface area contributed by atoms with E-state index in [-0.39, 0.29) is 30.1 Å². The second kappa shape index (κ2) is 6.70. The Morgan fingerprint density at radius 2 is 2.21 bits per heavy atom. The summed E-state index contributed by atoms with van der Waals surface area (Å²) in [5.41, 5.74) is 8.68. The second-order valence-corrected chi connectivity index (χ2v) is 6.20. The average Bonchev–Trinajstić information content (AvgIpc) is 2.96. The van der Waals surface area contributed by atoms with Gasteiger partial charge in [0.1, 0.15) is 5.71 Å². The molecule has 24 heavy (non-hydrogen) atoms. The number of morpholine rings is 1. The van der Waals surface area contributed by atoms with Crippen LogP contribution in [0.15, 0.2) is 23.3 Å². The molecular weight excluding hydrogens is 308 g/mol. The predicted octanol–water partition coefficient (Wildman–Crippen LogP) is 0.582. The monoisotopic (exact) mass is 330 g/mol. The molecule has 128 valence electrons. The third-order valence-electron chi connectivity index (χ3n) is 4.29. The van der Waals surface area contributed by atoms with Crippen LogP contribution < -0.4 is 10.7 Å². The average molecular weight is 330 g/mol. The van der Waals surface area contributed by atoms with Crippen LogP contribution in [-0.2, 0) is 14.3 Å². The molecule has 0 aromatic heterocycles. The number of hydrogen-bond donors (Lipinski definition) is 1. The van der Waals surface area contributed by atoms with Crippen LogP contribution in [0.5, 0.6) is 0 Å². The first-order chi connectivity index (χ1) is 11.5. The first-order valence-electron chi connectivity index (χ1n) is 8.08. The number of carbonyl (C=O) groups is 2. The van der Waals surface area contributed by atoms with E-state index in [4.69, 9.17) is 10.5 Å². The number of nitrogens with zero attached hydrogens (tertiary/aromatic N) is 3. The van der Waals surface area contributed by atoms with Gasteiger partial charge in [-0.2, -0.15) is 10.1 Å². The molecule has 1 fully saturated rings. The summed E-state index contributed by atoms with van der Waals surface area (Å²) in [6, 6.07) is 5.78. The number of hydrazone groups is 1. The van der Waals surface area contributed by atoms with E-state index in [1.165, 1.54) is 5.01 Å². The summed E-state index contributed by atoms with van der Waals surface area (Å²) in [5.74, 6) is -0.397. The summed E-state index contributed by atoms with van der Waals surface area (Å²) < 4.78 is 5.47. The first-order valence-corrected chi connectivity index (χ1v) is 8.08. The number of amides is 2. The van der Waals surface area contributed by atoms with Gasteiger partial charge in [0, 0.05) is 19.6 Å². The Hall–Kier alpha value is -2.25. The van der Waals surface area contributed by atoms with Crippen LogP contribution in [0.25, 0.3) is 0 Å². The zero-order chi connectivity index (χ0) is 17.3. The Balaban J connectivity index is 1.79. The fourth-order valence-corrected chi connectivity index (χ4v) is 3.01. The predicted molar refractivity (Wildman–Crippen MR) is 90.8 cm³/mol. The van der Waals surface area contributed by atoms with Crippen LogP contribution in [0, 0.1) is 13.8 Å². The summed E-state index contributed by atoms with van der Waals surface area (Å²) in [4.78, 5) is 26.6. The maximum absolute atomic E-state index is 12.6. The second-order valence-electron chi connectivity index (χ2n) is 6.20. The molecule has 1 saturated heterocycles. The van der Waals surface area contributed by atoms with E-state index in [1.807, 2.05) is 32.0 Å². The van der Waals surface area contributed by atoms with Crippen LogP contribution in [-0.4, -0.2) is 54.8 Å². The van der Waals surface area contributed by atoms with Crippen LogP contribution in [0.3, 0.4) is 0 Å². The summed E-state index contributed by atoms with van der Waals surface area (Å²) in [5, 5.41) is 5.63. The Kier molecular flexibility index (Phi) is 4.64. The molecule has 2 amide bonds. The number of rotatable bonds is 3. The normalized spacial score (nSPS) is 21.2. The topological polar surface area (TPSA) is 88.2 Å². The first kappa shape index (κ1) is 16.6. The molecule has 1 aromatic carbocycles. The highest BCUT2D eigenvalue weighted by atomic mass is 16.5. The Labute approximate surface area is 141 Å². The minimum Gasteiger partial charge on any atom is -0.373 e. The molecule has 0 spiro atoms. The van der Waals surface area contributed by atoms with E-state index in [0.29, 0.717) is 26.2 Å². The van der Waals surface area contributed by atoms with Crippen LogP contribution in [0.2, 0.25) is 0 Å². The molecular formula is C17H22N4O3. The molecule has 1 aromatic rings. The molecule has 0 radical (unpaired) electrons. The molecule has 0 aliphatic carbocycles. The van der Waals surface area contributed by atoms with Crippen LogP contribution >= 0.6 is 0 Å². The van der Waals surface area contributed by atoms with Gasteiger partial charge in [0.05, 0.1) is 24.8 Å². The van der Waals surface area contributed by atoms with E-state index < -0.39 is 0 Å². The number of benzene rings is 1. The third kappa shape index (κ3) is 3.18. The van der Waals surface area contributed by atoms with Gasteiger partial charge in [0.15, 0.2) is 0 Å². The molecule has 0 saturated carbocycles. The van der Waals surface area contributed by atoms with Crippen molar-refractivity contribution >= 4 is 23.2 Å². The molecule has 7 nitrogen and oxygen atoms in total. The fraction of sp³-hybridized carbons (Fsp3) is 0.471. The van der Waals surface area contributed by atoms with Gasteiger partial charge < -0.3 is 15.4 Å². The van der Waals surface area contributed by atoms with Gasteiger partial charge in [-0.05, 0) is 25.5 Å². The number of anilines is 1. The van der Waals surface area contributed by atoms with Crippen molar-refractivity contribution in [2.45, 2.75) is 26.4 Å². The number of carbonyl (C=O) groups excluding carboxylic acids is 2. The number of hydrogen-bond acceptors (Lipinski definition) is 5. The van der Waals surface area contributed by atoms with Gasteiger partial charge in [-0.25, -0.2) is 0 Å². The standard InChI is InChI=1S/C17H22N4O3/c1-11-3-4-15(12(2)7-11)21-16(22)8-14(19-21)17(23)20-5-6-24-13(9-18)10-20/h3-4,7,13H,5-6,8-10,18H2,1-2H3.